The minimum Gasteiger partial charge on any atom is -0.368 e. The molecule has 8 heteroatoms. The van der Waals surface area contributed by atoms with E-state index >= 15 is 0 Å². The Morgan fingerprint density at radius 2 is 1.79 bits per heavy atom. The van der Waals surface area contributed by atoms with Gasteiger partial charge in [-0.05, 0) is 35.2 Å². The van der Waals surface area contributed by atoms with Crippen molar-refractivity contribution in [3.8, 4) is 5.95 Å². The Morgan fingerprint density at radius 1 is 1.05 bits per heavy atom. The summed E-state index contributed by atoms with van der Waals surface area (Å²) in [6, 6.07) is 0. The number of halogens is 1. The number of hydrogen-bond donors (Lipinski definition) is 1. The van der Waals surface area contributed by atoms with Crippen molar-refractivity contribution in [2.24, 2.45) is 0 Å². The van der Waals surface area contributed by atoms with Gasteiger partial charge in [0.25, 0.3) is 5.95 Å². The van der Waals surface area contributed by atoms with Crippen molar-refractivity contribution in [1.29, 1.82) is 0 Å². The van der Waals surface area contributed by atoms with Crippen molar-refractivity contribution in [3.63, 3.8) is 0 Å². The first-order valence-corrected chi connectivity index (χ1v) is 6.99. The zero-order chi connectivity index (χ0) is 13.2. The van der Waals surface area contributed by atoms with Crippen LogP contribution in [-0.4, -0.2) is 37.8 Å². The molecule has 2 N–H and O–H groups in total. The first-order valence-electron chi connectivity index (χ1n) is 6.19. The first-order chi connectivity index (χ1) is 9.22. The maximum absolute atomic E-state index is 5.77. The Kier molecular flexibility index (Phi) is 3.33. The van der Waals surface area contributed by atoms with Crippen LogP contribution in [0.25, 0.3) is 5.95 Å². The van der Waals surface area contributed by atoms with Gasteiger partial charge in [0.2, 0.25) is 11.9 Å². The highest BCUT2D eigenvalue weighted by Crippen LogP contribution is 2.17. The number of hydrogen-bond acceptors (Lipinski definition) is 6. The fourth-order valence-electron chi connectivity index (χ4n) is 2.12. The van der Waals surface area contributed by atoms with Gasteiger partial charge in [-0.3, -0.25) is 0 Å². The smallest absolute Gasteiger partial charge is 0.257 e. The summed E-state index contributed by atoms with van der Waals surface area (Å²) in [7, 11) is 0. The Labute approximate surface area is 119 Å². The molecule has 19 heavy (non-hydrogen) atoms. The van der Waals surface area contributed by atoms with Gasteiger partial charge < -0.3 is 10.6 Å². The van der Waals surface area contributed by atoms with Gasteiger partial charge in [0.15, 0.2) is 0 Å². The maximum Gasteiger partial charge on any atom is 0.257 e. The van der Waals surface area contributed by atoms with Crippen LogP contribution in [0, 0.1) is 0 Å². The summed E-state index contributed by atoms with van der Waals surface area (Å²) in [6.45, 7) is 1.93. The van der Waals surface area contributed by atoms with Gasteiger partial charge >= 0.3 is 0 Å². The molecule has 0 unspecified atom stereocenters. The summed E-state index contributed by atoms with van der Waals surface area (Å²) in [5.74, 6) is 1.30. The zero-order valence-corrected chi connectivity index (χ0v) is 11.9. The fraction of sp³-hybridized carbons (Fsp3) is 0.455. The van der Waals surface area contributed by atoms with Gasteiger partial charge in [-0.2, -0.15) is 20.1 Å². The van der Waals surface area contributed by atoms with E-state index in [-0.39, 0.29) is 5.95 Å². The lowest BCUT2D eigenvalue weighted by molar-refractivity contribution is 0.566. The summed E-state index contributed by atoms with van der Waals surface area (Å²) in [6.07, 6.45) is 7.05. The van der Waals surface area contributed by atoms with Gasteiger partial charge in [-0.15, -0.1) is 0 Å². The predicted octanol–water partition coefficient (Wildman–Crippen LogP) is 1.39. The summed E-state index contributed by atoms with van der Waals surface area (Å²) >= 11 is 3.35. The van der Waals surface area contributed by atoms with E-state index in [1.807, 2.05) is 0 Å². The zero-order valence-electron chi connectivity index (χ0n) is 10.3. The second-order valence-electron chi connectivity index (χ2n) is 4.44. The summed E-state index contributed by atoms with van der Waals surface area (Å²) in [5.41, 5.74) is 5.77. The van der Waals surface area contributed by atoms with Crippen LogP contribution in [0.4, 0.5) is 11.9 Å². The van der Waals surface area contributed by atoms with E-state index in [0.717, 1.165) is 30.4 Å². The van der Waals surface area contributed by atoms with Crippen LogP contribution in [0.3, 0.4) is 0 Å². The van der Waals surface area contributed by atoms with Crippen molar-refractivity contribution < 1.29 is 0 Å². The van der Waals surface area contributed by atoms with Crippen LogP contribution in [0.1, 0.15) is 19.3 Å². The predicted molar refractivity (Wildman–Crippen MR) is 75.1 cm³/mol. The van der Waals surface area contributed by atoms with Gasteiger partial charge in [0, 0.05) is 19.3 Å². The molecule has 1 fully saturated rings. The van der Waals surface area contributed by atoms with Crippen molar-refractivity contribution in [1.82, 2.24) is 24.7 Å². The maximum atomic E-state index is 5.77. The van der Waals surface area contributed by atoms with Crippen LogP contribution < -0.4 is 10.6 Å². The second-order valence-corrected chi connectivity index (χ2v) is 5.36. The first kappa shape index (κ1) is 12.3. The minimum absolute atomic E-state index is 0.220. The van der Waals surface area contributed by atoms with E-state index in [4.69, 9.17) is 5.73 Å². The third-order valence-corrected chi connectivity index (χ3v) is 3.43. The molecule has 1 aliphatic heterocycles. The molecule has 0 atom stereocenters. The number of nitrogens with zero attached hydrogens (tertiary/aromatic N) is 6. The minimum atomic E-state index is 0.220. The normalized spacial score (nSPS) is 15.7. The molecule has 1 saturated heterocycles. The lowest BCUT2D eigenvalue weighted by Crippen LogP contribution is -2.31. The highest BCUT2D eigenvalue weighted by Gasteiger charge is 2.16. The molecule has 0 aromatic carbocycles. The molecular weight excluding hydrogens is 310 g/mol. The molecule has 0 radical (unpaired) electrons. The van der Waals surface area contributed by atoms with Gasteiger partial charge in [-0.1, -0.05) is 0 Å². The molecule has 100 valence electrons. The second kappa shape index (κ2) is 5.12. The number of nitrogens with two attached hydrogens (primary N) is 1. The molecule has 3 heterocycles. The van der Waals surface area contributed by atoms with Crippen LogP contribution in [0.15, 0.2) is 16.9 Å². The van der Waals surface area contributed by atoms with E-state index in [0.29, 0.717) is 11.9 Å². The van der Waals surface area contributed by atoms with E-state index in [1.165, 1.54) is 6.42 Å². The molecule has 2 aromatic heterocycles. The number of piperidine rings is 1. The van der Waals surface area contributed by atoms with Gasteiger partial charge in [-0.25, -0.2) is 4.68 Å². The molecule has 3 rings (SSSR count). The number of rotatable bonds is 2. The van der Waals surface area contributed by atoms with E-state index < -0.39 is 0 Å². The monoisotopic (exact) mass is 323 g/mol. The molecule has 1 aliphatic rings. The molecule has 0 spiro atoms. The lowest BCUT2D eigenvalue weighted by atomic mass is 10.1. The fourth-order valence-corrected chi connectivity index (χ4v) is 2.40. The van der Waals surface area contributed by atoms with Crippen LogP contribution in [-0.2, 0) is 0 Å². The topological polar surface area (TPSA) is 85.8 Å². The van der Waals surface area contributed by atoms with E-state index in [1.54, 1.807) is 17.1 Å². The molecule has 2 aromatic rings. The van der Waals surface area contributed by atoms with Crippen molar-refractivity contribution in [2.75, 3.05) is 23.7 Å². The van der Waals surface area contributed by atoms with Crippen molar-refractivity contribution in [2.45, 2.75) is 19.3 Å². The van der Waals surface area contributed by atoms with Gasteiger partial charge in [0.1, 0.15) is 0 Å². The average molecular weight is 324 g/mol. The number of anilines is 2. The molecule has 0 amide bonds. The largest absolute Gasteiger partial charge is 0.368 e. The number of aromatic nitrogens is 5. The summed E-state index contributed by atoms with van der Waals surface area (Å²) < 4.78 is 2.45. The highest BCUT2D eigenvalue weighted by molar-refractivity contribution is 9.10. The van der Waals surface area contributed by atoms with Crippen LogP contribution >= 0.6 is 15.9 Å². The third-order valence-electron chi connectivity index (χ3n) is 3.02. The Morgan fingerprint density at radius 3 is 2.47 bits per heavy atom. The van der Waals surface area contributed by atoms with E-state index in [2.05, 4.69) is 40.9 Å². The molecular formula is C11H14BrN7. The molecule has 0 aliphatic carbocycles. The Balaban J connectivity index is 1.95. The summed E-state index contributed by atoms with van der Waals surface area (Å²) in [4.78, 5) is 14.9. The number of nitrogen functional groups attached to an aromatic ring is 1. The third kappa shape index (κ3) is 2.67. The molecule has 7 nitrogen and oxygen atoms in total. The van der Waals surface area contributed by atoms with Crippen molar-refractivity contribution in [3.05, 3.63) is 16.9 Å². The Bertz CT molecular complexity index is 576. The van der Waals surface area contributed by atoms with Crippen molar-refractivity contribution >= 4 is 27.8 Å². The summed E-state index contributed by atoms with van der Waals surface area (Å²) in [5, 5.41) is 4.16. The highest BCUT2D eigenvalue weighted by atomic mass is 79.9. The van der Waals surface area contributed by atoms with Crippen LogP contribution in [0.2, 0.25) is 0 Å². The average Bonchev–Trinajstić information content (AvgIpc) is 2.86. The SMILES string of the molecule is Nc1nc(N2CCCCC2)nc(-n2cc(Br)cn2)n1. The lowest BCUT2D eigenvalue weighted by Gasteiger charge is -2.26. The van der Waals surface area contributed by atoms with E-state index in [9.17, 15) is 0 Å². The Hall–Kier alpha value is -1.70. The molecule has 0 saturated carbocycles. The standard InChI is InChI=1S/C11H14BrN7/c12-8-6-14-19(7-8)11-16-9(13)15-10(17-11)18-4-2-1-3-5-18/h6-7H,1-5H2,(H2,13,15,16,17). The van der Waals surface area contributed by atoms with Crippen LogP contribution in [0.5, 0.6) is 0 Å². The quantitative estimate of drug-likeness (QED) is 0.898. The van der Waals surface area contributed by atoms with Gasteiger partial charge in [0.05, 0.1) is 10.7 Å². The molecule has 0 bridgehead atoms.